The molecule has 0 aliphatic heterocycles. The molecule has 4 rings (SSSR count). The number of amidine groups is 1. The molecule has 0 spiro atoms. The molecule has 0 aliphatic carbocycles. The van der Waals surface area contributed by atoms with Gasteiger partial charge < -0.3 is 20.1 Å². The molecule has 2 aromatic carbocycles. The van der Waals surface area contributed by atoms with E-state index in [1.165, 1.54) is 0 Å². The molecule has 8 heteroatoms. The van der Waals surface area contributed by atoms with Crippen LogP contribution in [0.25, 0.3) is 22.3 Å². The van der Waals surface area contributed by atoms with Crippen molar-refractivity contribution >= 4 is 28.4 Å². The van der Waals surface area contributed by atoms with Crippen LogP contribution in [0.5, 0.6) is 5.75 Å². The minimum absolute atomic E-state index is 0.0993. The first-order chi connectivity index (χ1) is 15.8. The van der Waals surface area contributed by atoms with Gasteiger partial charge in [-0.2, -0.15) is 0 Å². The number of rotatable bonds is 5. The lowest BCUT2D eigenvalue weighted by Crippen LogP contribution is -2.18. The highest BCUT2D eigenvalue weighted by Gasteiger charge is 2.21. The van der Waals surface area contributed by atoms with E-state index in [-0.39, 0.29) is 27.9 Å². The third kappa shape index (κ3) is 4.27. The van der Waals surface area contributed by atoms with Gasteiger partial charge in [-0.1, -0.05) is 47.1 Å². The van der Waals surface area contributed by atoms with Crippen molar-refractivity contribution in [3.63, 3.8) is 0 Å². The smallest absolute Gasteiger partial charge is 0.196 e. The van der Waals surface area contributed by atoms with Crippen molar-refractivity contribution in [1.82, 2.24) is 4.98 Å². The molecule has 2 aromatic heterocycles. The molecule has 0 bridgehead atoms. The molecule has 7 nitrogen and oxygen atoms in total. The zero-order chi connectivity index (χ0) is 23.7. The molecule has 0 saturated carbocycles. The number of ether oxygens (including phenoxy) is 1. The van der Waals surface area contributed by atoms with E-state index in [2.05, 4.69) is 10.1 Å². The first kappa shape index (κ1) is 22.4. The van der Waals surface area contributed by atoms with E-state index in [1.807, 2.05) is 56.3 Å². The standard InChI is InChI=1S/C25H22ClN3O4/c1-13-11-17(15(3)32-19-9-10-20(26)28-21(19)25(27)29-31)24-18(12-13)22(30)14(2)23(33-24)16-7-5-4-6-8-16/h4-12,15,31H,1-3H3,(H2,27,29)/t15-/m1/s1. The third-order valence-electron chi connectivity index (χ3n) is 5.34. The van der Waals surface area contributed by atoms with Gasteiger partial charge in [0, 0.05) is 16.7 Å². The van der Waals surface area contributed by atoms with Crippen molar-refractivity contribution in [3.8, 4) is 17.1 Å². The Hall–Kier alpha value is -3.84. The molecule has 0 aliphatic rings. The van der Waals surface area contributed by atoms with Gasteiger partial charge in [0.2, 0.25) is 0 Å². The SMILES string of the molecule is Cc1cc([C@@H](C)Oc2ccc(Cl)nc2C(N)=NO)c2oc(-c3ccccc3)c(C)c(=O)c2c1. The molecule has 2 heterocycles. The summed E-state index contributed by atoms with van der Waals surface area (Å²) in [5, 5.41) is 12.8. The summed E-state index contributed by atoms with van der Waals surface area (Å²) in [7, 11) is 0. The van der Waals surface area contributed by atoms with E-state index >= 15 is 0 Å². The predicted molar refractivity (Wildman–Crippen MR) is 128 cm³/mol. The first-order valence-electron chi connectivity index (χ1n) is 10.2. The molecule has 0 unspecified atom stereocenters. The maximum Gasteiger partial charge on any atom is 0.196 e. The van der Waals surface area contributed by atoms with Crippen LogP contribution in [0.2, 0.25) is 5.15 Å². The second kappa shape index (κ2) is 8.96. The van der Waals surface area contributed by atoms with Crippen LogP contribution >= 0.6 is 11.6 Å². The van der Waals surface area contributed by atoms with Crippen LogP contribution < -0.4 is 15.9 Å². The summed E-state index contributed by atoms with van der Waals surface area (Å²) < 4.78 is 12.5. The summed E-state index contributed by atoms with van der Waals surface area (Å²) >= 11 is 5.97. The minimum Gasteiger partial charge on any atom is -0.483 e. The maximum absolute atomic E-state index is 13.2. The van der Waals surface area contributed by atoms with Crippen molar-refractivity contribution in [2.75, 3.05) is 0 Å². The van der Waals surface area contributed by atoms with Crippen molar-refractivity contribution in [1.29, 1.82) is 0 Å². The van der Waals surface area contributed by atoms with E-state index in [4.69, 9.17) is 31.7 Å². The van der Waals surface area contributed by atoms with E-state index in [9.17, 15) is 4.79 Å². The summed E-state index contributed by atoms with van der Waals surface area (Å²) in [6, 6.07) is 16.3. The molecular weight excluding hydrogens is 442 g/mol. The highest BCUT2D eigenvalue weighted by atomic mass is 35.5. The summed E-state index contributed by atoms with van der Waals surface area (Å²) in [5.41, 5.74) is 9.12. The quantitative estimate of drug-likeness (QED) is 0.135. The predicted octanol–water partition coefficient (Wildman–Crippen LogP) is 5.36. The van der Waals surface area contributed by atoms with Crippen molar-refractivity contribution in [3.05, 3.63) is 92.4 Å². The largest absolute Gasteiger partial charge is 0.483 e. The summed E-state index contributed by atoms with van der Waals surface area (Å²) in [4.78, 5) is 17.3. The van der Waals surface area contributed by atoms with E-state index in [1.54, 1.807) is 19.1 Å². The lowest BCUT2D eigenvalue weighted by Gasteiger charge is -2.19. The number of hydrogen-bond donors (Lipinski definition) is 2. The molecule has 3 N–H and O–H groups in total. The van der Waals surface area contributed by atoms with Crippen LogP contribution in [0.3, 0.4) is 0 Å². The number of nitrogens with two attached hydrogens (primary N) is 1. The van der Waals surface area contributed by atoms with Gasteiger partial charge in [0.05, 0.1) is 5.39 Å². The monoisotopic (exact) mass is 463 g/mol. The number of nitrogens with zero attached hydrogens (tertiary/aromatic N) is 2. The van der Waals surface area contributed by atoms with Gasteiger partial charge in [0.15, 0.2) is 17.0 Å². The Kier molecular flexibility index (Phi) is 6.07. The van der Waals surface area contributed by atoms with Gasteiger partial charge in [-0.05, 0) is 50.6 Å². The number of halogens is 1. The fourth-order valence-electron chi connectivity index (χ4n) is 3.74. The van der Waals surface area contributed by atoms with Crippen LogP contribution in [0.1, 0.15) is 35.4 Å². The normalized spacial score (nSPS) is 12.7. The lowest BCUT2D eigenvalue weighted by atomic mass is 10.00. The molecule has 168 valence electrons. The molecule has 4 aromatic rings. The van der Waals surface area contributed by atoms with Gasteiger partial charge in [-0.15, -0.1) is 0 Å². The Balaban J connectivity index is 1.88. The van der Waals surface area contributed by atoms with E-state index < -0.39 is 6.10 Å². The first-order valence-corrected chi connectivity index (χ1v) is 10.6. The van der Waals surface area contributed by atoms with Crippen molar-refractivity contribution in [2.45, 2.75) is 26.9 Å². The molecule has 0 radical (unpaired) electrons. The van der Waals surface area contributed by atoms with E-state index in [0.29, 0.717) is 27.9 Å². The van der Waals surface area contributed by atoms with Gasteiger partial charge in [0.1, 0.15) is 28.3 Å². The number of aromatic nitrogens is 1. The summed E-state index contributed by atoms with van der Waals surface area (Å²) in [6.45, 7) is 5.49. The zero-order valence-corrected chi connectivity index (χ0v) is 19.1. The number of aryl methyl sites for hydroxylation is 1. The van der Waals surface area contributed by atoms with Gasteiger partial charge >= 0.3 is 0 Å². The second-order valence-corrected chi connectivity index (χ2v) is 8.10. The highest BCUT2D eigenvalue weighted by Crippen LogP contribution is 2.33. The Bertz CT molecular complexity index is 1430. The highest BCUT2D eigenvalue weighted by molar-refractivity contribution is 6.29. The Morgan fingerprint density at radius 3 is 2.61 bits per heavy atom. The van der Waals surface area contributed by atoms with Crippen LogP contribution in [-0.2, 0) is 0 Å². The summed E-state index contributed by atoms with van der Waals surface area (Å²) in [6.07, 6.45) is -0.560. The second-order valence-electron chi connectivity index (χ2n) is 7.71. The number of pyridine rings is 1. The fraction of sp³-hybridized carbons (Fsp3) is 0.160. The van der Waals surface area contributed by atoms with Crippen LogP contribution in [0.4, 0.5) is 0 Å². The third-order valence-corrected chi connectivity index (χ3v) is 5.55. The minimum atomic E-state index is -0.560. The number of oxime groups is 1. The molecule has 0 saturated heterocycles. The Labute approximate surface area is 195 Å². The van der Waals surface area contributed by atoms with Gasteiger partial charge in [0.25, 0.3) is 0 Å². The molecule has 1 atom stereocenters. The van der Waals surface area contributed by atoms with Crippen LogP contribution in [0.15, 0.2) is 69.0 Å². The van der Waals surface area contributed by atoms with Crippen molar-refractivity contribution < 1.29 is 14.4 Å². The number of fused-ring (bicyclic) bond motifs is 1. The summed E-state index contributed by atoms with van der Waals surface area (Å²) in [5.74, 6) is 0.549. The van der Waals surface area contributed by atoms with Crippen LogP contribution in [0, 0.1) is 13.8 Å². The topological polar surface area (TPSA) is 111 Å². The van der Waals surface area contributed by atoms with Gasteiger partial charge in [-0.3, -0.25) is 4.79 Å². The fourth-order valence-corrected chi connectivity index (χ4v) is 3.88. The maximum atomic E-state index is 13.2. The van der Waals surface area contributed by atoms with Crippen molar-refractivity contribution in [2.24, 2.45) is 10.9 Å². The number of benzene rings is 2. The lowest BCUT2D eigenvalue weighted by molar-refractivity contribution is 0.225. The van der Waals surface area contributed by atoms with Gasteiger partial charge in [-0.25, -0.2) is 4.98 Å². The Morgan fingerprint density at radius 1 is 1.18 bits per heavy atom. The molecule has 0 fully saturated rings. The van der Waals surface area contributed by atoms with E-state index in [0.717, 1.165) is 11.1 Å². The average molecular weight is 464 g/mol. The average Bonchev–Trinajstić information content (AvgIpc) is 2.82. The Morgan fingerprint density at radius 2 is 1.91 bits per heavy atom. The van der Waals surface area contributed by atoms with Crippen LogP contribution in [-0.4, -0.2) is 16.0 Å². The molecular formula is C25H22ClN3O4. The zero-order valence-electron chi connectivity index (χ0n) is 18.3. The molecule has 33 heavy (non-hydrogen) atoms. The molecule has 0 amide bonds. The number of hydrogen-bond acceptors (Lipinski definition) is 6.